The van der Waals surface area contributed by atoms with Crippen molar-refractivity contribution >= 4 is 12.0 Å². The highest BCUT2D eigenvalue weighted by Crippen LogP contribution is 2.19. The van der Waals surface area contributed by atoms with E-state index in [4.69, 9.17) is 4.74 Å². The summed E-state index contributed by atoms with van der Waals surface area (Å²) in [5.41, 5.74) is 2.61. The molecule has 6 heteroatoms. The molecule has 2 atom stereocenters. The van der Waals surface area contributed by atoms with E-state index in [9.17, 15) is 9.59 Å². The quantitative estimate of drug-likeness (QED) is 0.376. The van der Waals surface area contributed by atoms with Gasteiger partial charge in [-0.3, -0.25) is 9.78 Å². The third-order valence-corrected chi connectivity index (χ3v) is 5.79. The SMILES string of the molecule is CC(C)(C)OC(=O)N[C@H](CC[C@@H](Cc1ccccc1)C(=O)NCc1cccnc1)Cc1ccccc1. The fourth-order valence-corrected chi connectivity index (χ4v) is 4.06. The van der Waals surface area contributed by atoms with E-state index < -0.39 is 11.7 Å². The van der Waals surface area contributed by atoms with Gasteiger partial charge in [0.15, 0.2) is 0 Å². The molecule has 1 heterocycles. The molecule has 0 saturated carbocycles. The Balaban J connectivity index is 1.70. The van der Waals surface area contributed by atoms with E-state index in [0.29, 0.717) is 32.2 Å². The van der Waals surface area contributed by atoms with E-state index >= 15 is 0 Å². The summed E-state index contributed by atoms with van der Waals surface area (Å²) >= 11 is 0. The van der Waals surface area contributed by atoms with Crippen molar-refractivity contribution in [1.82, 2.24) is 15.6 Å². The molecule has 2 aromatic carbocycles. The Hall–Kier alpha value is -3.67. The molecule has 3 aromatic rings. The minimum absolute atomic E-state index is 0.00145. The van der Waals surface area contributed by atoms with Gasteiger partial charge in [0.05, 0.1) is 0 Å². The Morgan fingerprint density at radius 3 is 2.03 bits per heavy atom. The van der Waals surface area contributed by atoms with E-state index in [1.165, 1.54) is 0 Å². The molecule has 0 spiro atoms. The second-order valence-electron chi connectivity index (χ2n) is 10.1. The van der Waals surface area contributed by atoms with Crippen LogP contribution in [0.5, 0.6) is 0 Å². The normalized spacial score (nSPS) is 12.9. The summed E-state index contributed by atoms with van der Waals surface area (Å²) in [5.74, 6) is -0.235. The number of benzene rings is 2. The van der Waals surface area contributed by atoms with Gasteiger partial charge in [-0.1, -0.05) is 66.7 Å². The Kier molecular flexibility index (Phi) is 10.0. The molecule has 2 N–H and O–H groups in total. The van der Waals surface area contributed by atoms with Crippen molar-refractivity contribution in [2.75, 3.05) is 0 Å². The van der Waals surface area contributed by atoms with Gasteiger partial charge in [-0.2, -0.15) is 0 Å². The van der Waals surface area contributed by atoms with Gasteiger partial charge in [0.25, 0.3) is 0 Å². The third-order valence-electron chi connectivity index (χ3n) is 5.79. The molecule has 1 aromatic heterocycles. The average molecular weight is 488 g/mol. The second-order valence-corrected chi connectivity index (χ2v) is 10.1. The van der Waals surface area contributed by atoms with Gasteiger partial charge in [0.2, 0.25) is 5.91 Å². The summed E-state index contributed by atoms with van der Waals surface area (Å²) in [7, 11) is 0. The van der Waals surface area contributed by atoms with Crippen molar-refractivity contribution in [3.8, 4) is 0 Å². The summed E-state index contributed by atoms with van der Waals surface area (Å²) in [5, 5.41) is 6.11. The number of alkyl carbamates (subject to hydrolysis) is 1. The number of pyridine rings is 1. The lowest BCUT2D eigenvalue weighted by Crippen LogP contribution is -2.41. The van der Waals surface area contributed by atoms with Gasteiger partial charge < -0.3 is 15.4 Å². The molecular formula is C30H37N3O3. The maximum absolute atomic E-state index is 13.3. The van der Waals surface area contributed by atoms with Crippen molar-refractivity contribution in [3.05, 3.63) is 102 Å². The Morgan fingerprint density at radius 2 is 1.44 bits per heavy atom. The second kappa shape index (κ2) is 13.4. The molecule has 2 amide bonds. The van der Waals surface area contributed by atoms with Crippen LogP contribution in [0.2, 0.25) is 0 Å². The van der Waals surface area contributed by atoms with E-state index in [-0.39, 0.29) is 17.9 Å². The van der Waals surface area contributed by atoms with E-state index in [0.717, 1.165) is 16.7 Å². The van der Waals surface area contributed by atoms with Crippen LogP contribution in [0.25, 0.3) is 0 Å². The van der Waals surface area contributed by atoms with Crippen LogP contribution in [0.3, 0.4) is 0 Å². The first-order valence-electron chi connectivity index (χ1n) is 12.5. The standard InChI is InChI=1S/C30H37N3O3/c1-30(2,3)36-29(35)33-27(20-24-13-8-5-9-14-24)17-16-26(19-23-11-6-4-7-12-23)28(34)32-22-25-15-10-18-31-21-25/h4-15,18,21,26-27H,16-17,19-20,22H2,1-3H3,(H,32,34)(H,33,35)/t26-,27+/m0/s1. The van der Waals surface area contributed by atoms with Crippen molar-refractivity contribution in [1.29, 1.82) is 0 Å². The third kappa shape index (κ3) is 9.90. The smallest absolute Gasteiger partial charge is 0.407 e. The molecule has 0 aliphatic rings. The van der Waals surface area contributed by atoms with Gasteiger partial charge in [-0.05, 0) is 69.2 Å². The molecule has 0 fully saturated rings. The van der Waals surface area contributed by atoms with Crippen molar-refractivity contribution in [3.63, 3.8) is 0 Å². The molecule has 0 radical (unpaired) electrons. The fourth-order valence-electron chi connectivity index (χ4n) is 4.06. The van der Waals surface area contributed by atoms with Gasteiger partial charge >= 0.3 is 6.09 Å². The number of hydrogen-bond acceptors (Lipinski definition) is 4. The van der Waals surface area contributed by atoms with Crippen LogP contribution in [-0.2, 0) is 28.9 Å². The molecular weight excluding hydrogens is 450 g/mol. The highest BCUT2D eigenvalue weighted by Gasteiger charge is 2.24. The number of nitrogens with zero attached hydrogens (tertiary/aromatic N) is 1. The summed E-state index contributed by atoms with van der Waals surface area (Å²) < 4.78 is 5.51. The number of amides is 2. The maximum atomic E-state index is 13.3. The van der Waals surface area contributed by atoms with Crippen LogP contribution in [0.1, 0.15) is 50.3 Å². The molecule has 0 aliphatic heterocycles. The summed E-state index contributed by atoms with van der Waals surface area (Å²) in [6, 6.07) is 23.7. The molecule has 190 valence electrons. The maximum Gasteiger partial charge on any atom is 0.407 e. The number of hydrogen-bond donors (Lipinski definition) is 2. The number of carbonyl (C=O) groups excluding carboxylic acids is 2. The minimum atomic E-state index is -0.580. The van der Waals surface area contributed by atoms with Gasteiger partial charge in [-0.15, -0.1) is 0 Å². The van der Waals surface area contributed by atoms with Gasteiger partial charge in [0, 0.05) is 30.9 Å². The molecule has 6 nitrogen and oxygen atoms in total. The lowest BCUT2D eigenvalue weighted by Gasteiger charge is -2.25. The zero-order valence-corrected chi connectivity index (χ0v) is 21.4. The average Bonchev–Trinajstić information content (AvgIpc) is 2.85. The first-order valence-corrected chi connectivity index (χ1v) is 12.5. The zero-order chi connectivity index (χ0) is 25.8. The molecule has 0 unspecified atom stereocenters. The predicted octanol–water partition coefficient (Wildman–Crippen LogP) is 5.47. The van der Waals surface area contributed by atoms with Crippen LogP contribution in [0.4, 0.5) is 4.79 Å². The minimum Gasteiger partial charge on any atom is -0.444 e. The zero-order valence-electron chi connectivity index (χ0n) is 21.4. The van der Waals surface area contributed by atoms with Crippen LogP contribution >= 0.6 is 0 Å². The number of ether oxygens (including phenoxy) is 1. The first-order chi connectivity index (χ1) is 17.3. The number of aromatic nitrogens is 1. The Morgan fingerprint density at radius 1 is 0.833 bits per heavy atom. The lowest BCUT2D eigenvalue weighted by atomic mass is 9.90. The number of carbonyl (C=O) groups is 2. The van der Waals surface area contributed by atoms with E-state index in [1.807, 2.05) is 93.6 Å². The Bertz CT molecular complexity index is 1070. The van der Waals surface area contributed by atoms with Crippen LogP contribution < -0.4 is 10.6 Å². The Labute approximate surface area is 214 Å². The monoisotopic (exact) mass is 487 g/mol. The largest absolute Gasteiger partial charge is 0.444 e. The highest BCUT2D eigenvalue weighted by atomic mass is 16.6. The summed E-state index contributed by atoms with van der Waals surface area (Å²) in [6.07, 6.45) is 5.59. The topological polar surface area (TPSA) is 80.3 Å². The van der Waals surface area contributed by atoms with Crippen molar-refractivity contribution < 1.29 is 14.3 Å². The molecule has 0 aliphatic carbocycles. The summed E-state index contributed by atoms with van der Waals surface area (Å²) in [6.45, 7) is 5.98. The molecule has 3 rings (SSSR count). The highest BCUT2D eigenvalue weighted by molar-refractivity contribution is 5.79. The van der Waals surface area contributed by atoms with E-state index in [2.05, 4.69) is 15.6 Å². The number of rotatable bonds is 11. The van der Waals surface area contributed by atoms with Crippen LogP contribution in [0.15, 0.2) is 85.2 Å². The van der Waals surface area contributed by atoms with Gasteiger partial charge in [0.1, 0.15) is 5.60 Å². The van der Waals surface area contributed by atoms with Crippen LogP contribution in [-0.4, -0.2) is 28.6 Å². The predicted molar refractivity (Wildman–Crippen MR) is 142 cm³/mol. The molecule has 0 saturated heterocycles. The molecule has 0 bridgehead atoms. The van der Waals surface area contributed by atoms with Crippen molar-refractivity contribution in [2.45, 2.75) is 64.6 Å². The van der Waals surface area contributed by atoms with E-state index in [1.54, 1.807) is 12.4 Å². The number of nitrogens with one attached hydrogen (secondary N) is 2. The van der Waals surface area contributed by atoms with Gasteiger partial charge in [-0.25, -0.2) is 4.79 Å². The first kappa shape index (κ1) is 26.9. The van der Waals surface area contributed by atoms with Crippen molar-refractivity contribution in [2.24, 2.45) is 5.92 Å². The van der Waals surface area contributed by atoms with Crippen LogP contribution in [0, 0.1) is 5.92 Å². The fraction of sp³-hybridized carbons (Fsp3) is 0.367. The summed E-state index contributed by atoms with van der Waals surface area (Å²) in [4.78, 5) is 30.0. The molecule has 36 heavy (non-hydrogen) atoms. The lowest BCUT2D eigenvalue weighted by molar-refractivity contribution is -0.125.